The predicted molar refractivity (Wildman–Crippen MR) is 132 cm³/mol. The van der Waals surface area contributed by atoms with E-state index in [1.165, 1.54) is 12.1 Å². The fourth-order valence-corrected chi connectivity index (χ4v) is 4.99. The second-order valence-corrected chi connectivity index (χ2v) is 10.4. The highest BCUT2D eigenvalue weighted by Crippen LogP contribution is 2.31. The summed E-state index contributed by atoms with van der Waals surface area (Å²) in [6.45, 7) is 6.49. The van der Waals surface area contributed by atoms with E-state index in [1.54, 1.807) is 4.90 Å². The molecular weight excluding hydrogens is 479 g/mol. The zero-order valence-corrected chi connectivity index (χ0v) is 21.3. The van der Waals surface area contributed by atoms with Crippen molar-refractivity contribution in [3.8, 4) is 5.75 Å². The van der Waals surface area contributed by atoms with Gasteiger partial charge in [-0.05, 0) is 56.6 Å². The van der Waals surface area contributed by atoms with Crippen LogP contribution in [0.15, 0.2) is 12.1 Å². The Bertz CT molecular complexity index is 897. The number of phenols is 1. The van der Waals surface area contributed by atoms with Crippen molar-refractivity contribution in [2.75, 3.05) is 26.2 Å². The maximum Gasteiger partial charge on any atom is 0.318 e. The number of carbonyl (C=O) groups is 3. The van der Waals surface area contributed by atoms with Crippen LogP contribution in [0.25, 0.3) is 0 Å². The molecule has 0 radical (unpaired) electrons. The first-order valence-corrected chi connectivity index (χ1v) is 12.7. The van der Waals surface area contributed by atoms with E-state index in [0.29, 0.717) is 32.4 Å². The number of nitrogens with zero attached hydrogens (tertiary/aromatic N) is 2. The van der Waals surface area contributed by atoms with Gasteiger partial charge >= 0.3 is 6.03 Å². The van der Waals surface area contributed by atoms with Crippen LogP contribution >= 0.6 is 23.2 Å². The Balaban J connectivity index is 1.53. The number of hydrogen-bond acceptors (Lipinski definition) is 4. The molecule has 2 saturated heterocycles. The molecule has 0 spiro atoms. The number of amides is 4. The summed E-state index contributed by atoms with van der Waals surface area (Å²) in [6.07, 6.45) is 4.87. The summed E-state index contributed by atoms with van der Waals surface area (Å²) in [6, 6.07) is 1.80. The third-order valence-electron chi connectivity index (χ3n) is 6.36. The number of piperidine rings is 2. The summed E-state index contributed by atoms with van der Waals surface area (Å²) in [7, 11) is 0. The molecule has 0 unspecified atom stereocenters. The second-order valence-electron chi connectivity index (χ2n) is 9.54. The molecule has 1 aromatic carbocycles. The summed E-state index contributed by atoms with van der Waals surface area (Å²) in [5.74, 6) is -0.496. The lowest BCUT2D eigenvalue weighted by Crippen LogP contribution is -2.55. The van der Waals surface area contributed by atoms with Crippen LogP contribution < -0.4 is 10.6 Å². The first-order valence-electron chi connectivity index (χ1n) is 12.0. The third kappa shape index (κ3) is 6.92. The van der Waals surface area contributed by atoms with Crippen LogP contribution in [0.5, 0.6) is 5.75 Å². The first kappa shape index (κ1) is 26.4. The molecule has 2 aliphatic rings. The number of benzene rings is 1. The van der Waals surface area contributed by atoms with E-state index in [1.807, 2.05) is 18.7 Å². The van der Waals surface area contributed by atoms with Crippen molar-refractivity contribution in [3.63, 3.8) is 0 Å². The van der Waals surface area contributed by atoms with Crippen molar-refractivity contribution in [2.24, 2.45) is 5.92 Å². The highest BCUT2D eigenvalue weighted by Gasteiger charge is 2.31. The number of rotatable bonds is 6. The van der Waals surface area contributed by atoms with Crippen LogP contribution in [0.3, 0.4) is 0 Å². The minimum absolute atomic E-state index is 0.00360. The van der Waals surface area contributed by atoms with Gasteiger partial charge in [0.2, 0.25) is 5.91 Å². The van der Waals surface area contributed by atoms with E-state index < -0.39 is 11.9 Å². The molecule has 2 heterocycles. The average Bonchev–Trinajstić information content (AvgIpc) is 2.81. The van der Waals surface area contributed by atoms with E-state index in [9.17, 15) is 19.5 Å². The van der Waals surface area contributed by atoms with Crippen LogP contribution in [0.2, 0.25) is 10.0 Å². The minimum atomic E-state index is -0.529. The molecule has 0 saturated carbocycles. The molecule has 1 atom stereocenters. The van der Waals surface area contributed by atoms with E-state index in [4.69, 9.17) is 23.2 Å². The Morgan fingerprint density at radius 1 is 1.03 bits per heavy atom. The lowest BCUT2D eigenvalue weighted by atomic mass is 10.0. The fourth-order valence-electron chi connectivity index (χ4n) is 4.50. The summed E-state index contributed by atoms with van der Waals surface area (Å²) < 4.78 is 0. The van der Waals surface area contributed by atoms with Crippen LogP contribution in [0.1, 0.15) is 62.7 Å². The van der Waals surface area contributed by atoms with Gasteiger partial charge in [0.05, 0.1) is 10.6 Å². The first-order chi connectivity index (χ1) is 16.2. The largest absolute Gasteiger partial charge is 0.506 e. The van der Waals surface area contributed by atoms with Gasteiger partial charge in [-0.15, -0.1) is 0 Å². The summed E-state index contributed by atoms with van der Waals surface area (Å²) in [5, 5.41) is 16.2. The van der Waals surface area contributed by atoms with Gasteiger partial charge in [-0.2, -0.15) is 0 Å². The van der Waals surface area contributed by atoms with E-state index in [0.717, 1.165) is 32.4 Å². The zero-order chi connectivity index (χ0) is 24.8. The molecule has 1 aromatic rings. The molecule has 4 amide bonds. The van der Waals surface area contributed by atoms with Gasteiger partial charge in [0.1, 0.15) is 11.8 Å². The highest BCUT2D eigenvalue weighted by atomic mass is 35.5. The van der Waals surface area contributed by atoms with Gasteiger partial charge in [0.15, 0.2) is 0 Å². The SMILES string of the molecule is CC(C)C[C@H](NC(=O)N1CCC(NC(=O)c2cc(Cl)cc(Cl)c2O)CC1)C(=O)N1CCCCC1. The van der Waals surface area contributed by atoms with Crippen LogP contribution in [0, 0.1) is 5.92 Å². The molecule has 8 nitrogen and oxygen atoms in total. The Hall–Kier alpha value is -2.19. The predicted octanol–water partition coefficient (Wildman–Crippen LogP) is 4.03. The number of halogens is 2. The van der Waals surface area contributed by atoms with Crippen LogP contribution in [0.4, 0.5) is 4.79 Å². The van der Waals surface area contributed by atoms with Crippen LogP contribution in [-0.4, -0.2) is 71.0 Å². The number of likely N-dealkylation sites (tertiary alicyclic amines) is 2. The lowest BCUT2D eigenvalue weighted by molar-refractivity contribution is -0.134. The molecule has 10 heteroatoms. The summed E-state index contributed by atoms with van der Waals surface area (Å²) >= 11 is 11.9. The van der Waals surface area contributed by atoms with Crippen molar-refractivity contribution in [2.45, 2.75) is 64.5 Å². The highest BCUT2D eigenvalue weighted by molar-refractivity contribution is 6.36. The molecule has 2 fully saturated rings. The van der Waals surface area contributed by atoms with E-state index in [2.05, 4.69) is 10.6 Å². The fraction of sp³-hybridized carbons (Fsp3) is 0.625. The molecule has 3 N–H and O–H groups in total. The van der Waals surface area contributed by atoms with Gasteiger partial charge in [0.25, 0.3) is 5.91 Å². The van der Waals surface area contributed by atoms with Gasteiger partial charge < -0.3 is 25.5 Å². The molecule has 3 rings (SSSR count). The Morgan fingerprint density at radius 3 is 2.29 bits per heavy atom. The molecule has 0 bridgehead atoms. The molecule has 0 aliphatic carbocycles. The standard InChI is InChI=1S/C24H34Cl2N4O4/c1-15(2)12-20(23(33)29-8-4-3-5-9-29)28-24(34)30-10-6-17(7-11-30)27-22(32)18-13-16(25)14-19(26)21(18)31/h13-15,17,20,31H,3-12H2,1-2H3,(H,27,32)(H,28,34)/t20-/m0/s1. The monoisotopic (exact) mass is 512 g/mol. The second kappa shape index (κ2) is 12.0. The topological polar surface area (TPSA) is 102 Å². The van der Waals surface area contributed by atoms with Crippen molar-refractivity contribution in [3.05, 3.63) is 27.7 Å². The maximum absolute atomic E-state index is 13.0. The zero-order valence-electron chi connectivity index (χ0n) is 19.8. The van der Waals surface area contributed by atoms with E-state index >= 15 is 0 Å². The van der Waals surface area contributed by atoms with Crippen molar-refractivity contribution < 1.29 is 19.5 Å². The number of nitrogens with one attached hydrogen (secondary N) is 2. The lowest BCUT2D eigenvalue weighted by Gasteiger charge is -2.35. The number of carbonyl (C=O) groups excluding carboxylic acids is 3. The average molecular weight is 513 g/mol. The maximum atomic E-state index is 13.0. The van der Waals surface area contributed by atoms with E-state index in [-0.39, 0.29) is 45.3 Å². The normalized spacial score (nSPS) is 18.0. The quantitative estimate of drug-likeness (QED) is 0.535. The van der Waals surface area contributed by atoms with Gasteiger partial charge in [0, 0.05) is 37.2 Å². The number of phenolic OH excluding ortho intramolecular Hbond substituents is 1. The minimum Gasteiger partial charge on any atom is -0.506 e. The van der Waals surface area contributed by atoms with Crippen molar-refractivity contribution in [1.29, 1.82) is 0 Å². The summed E-state index contributed by atoms with van der Waals surface area (Å²) in [5.41, 5.74) is 0.0189. The Kier molecular flexibility index (Phi) is 9.31. The summed E-state index contributed by atoms with van der Waals surface area (Å²) in [4.78, 5) is 42.1. The number of hydrogen-bond donors (Lipinski definition) is 3. The third-order valence-corrected chi connectivity index (χ3v) is 6.87. The molecule has 0 aromatic heterocycles. The molecular formula is C24H34Cl2N4O4. The van der Waals surface area contributed by atoms with Crippen LogP contribution in [-0.2, 0) is 4.79 Å². The van der Waals surface area contributed by atoms with Crippen molar-refractivity contribution >= 4 is 41.0 Å². The molecule has 2 aliphatic heterocycles. The Morgan fingerprint density at radius 2 is 1.68 bits per heavy atom. The van der Waals surface area contributed by atoms with Gasteiger partial charge in [-0.1, -0.05) is 37.0 Å². The molecule has 188 valence electrons. The molecule has 34 heavy (non-hydrogen) atoms. The van der Waals surface area contributed by atoms with Gasteiger partial charge in [-0.3, -0.25) is 9.59 Å². The Labute approximate surface area is 210 Å². The number of urea groups is 1. The number of aromatic hydroxyl groups is 1. The van der Waals surface area contributed by atoms with Crippen molar-refractivity contribution in [1.82, 2.24) is 20.4 Å². The smallest absolute Gasteiger partial charge is 0.318 e. The van der Waals surface area contributed by atoms with Gasteiger partial charge in [-0.25, -0.2) is 4.79 Å².